The highest BCUT2D eigenvalue weighted by Crippen LogP contribution is 2.31. The lowest BCUT2D eigenvalue weighted by Gasteiger charge is -2.29. The van der Waals surface area contributed by atoms with Crippen LogP contribution < -0.4 is 11.1 Å². The van der Waals surface area contributed by atoms with Crippen molar-refractivity contribution < 1.29 is 4.79 Å². The van der Waals surface area contributed by atoms with Gasteiger partial charge in [-0.05, 0) is 45.6 Å². The number of rotatable bonds is 5. The van der Waals surface area contributed by atoms with Gasteiger partial charge in [0.1, 0.15) is 0 Å². The summed E-state index contributed by atoms with van der Waals surface area (Å²) >= 11 is 0. The van der Waals surface area contributed by atoms with Crippen molar-refractivity contribution in [3.63, 3.8) is 0 Å². The van der Waals surface area contributed by atoms with Gasteiger partial charge >= 0.3 is 0 Å². The summed E-state index contributed by atoms with van der Waals surface area (Å²) in [5.74, 6) is 0.768. The van der Waals surface area contributed by atoms with Gasteiger partial charge in [0.15, 0.2) is 0 Å². The van der Waals surface area contributed by atoms with Gasteiger partial charge < -0.3 is 11.1 Å². The second-order valence-electron chi connectivity index (χ2n) is 5.66. The zero-order valence-electron chi connectivity index (χ0n) is 10.9. The quantitative estimate of drug-likeness (QED) is 0.754. The molecule has 0 radical (unpaired) electrons. The number of nitrogens with one attached hydrogen (secondary N) is 1. The highest BCUT2D eigenvalue weighted by atomic mass is 16.2. The van der Waals surface area contributed by atoms with E-state index in [1.54, 1.807) is 0 Å². The van der Waals surface area contributed by atoms with Gasteiger partial charge in [0.2, 0.25) is 5.91 Å². The number of carbonyl (C=O) groups is 1. The van der Waals surface area contributed by atoms with Gasteiger partial charge in [0, 0.05) is 11.5 Å². The van der Waals surface area contributed by atoms with Gasteiger partial charge in [-0.3, -0.25) is 4.79 Å². The molecule has 1 amide bonds. The van der Waals surface area contributed by atoms with E-state index in [0.29, 0.717) is 12.5 Å². The van der Waals surface area contributed by atoms with Crippen LogP contribution in [0, 0.1) is 11.8 Å². The molecular formula is C13H26N2O. The van der Waals surface area contributed by atoms with Crippen molar-refractivity contribution in [3.05, 3.63) is 0 Å². The average molecular weight is 226 g/mol. The number of amides is 1. The average Bonchev–Trinajstić information content (AvgIpc) is 2.64. The summed E-state index contributed by atoms with van der Waals surface area (Å²) in [7, 11) is 0. The smallest absolute Gasteiger partial charge is 0.223 e. The molecule has 1 saturated carbocycles. The van der Waals surface area contributed by atoms with E-state index >= 15 is 0 Å². The molecule has 1 aliphatic rings. The van der Waals surface area contributed by atoms with E-state index in [4.69, 9.17) is 5.73 Å². The Morgan fingerprint density at radius 2 is 2.12 bits per heavy atom. The predicted octanol–water partition coefficient (Wildman–Crippen LogP) is 2.06. The minimum atomic E-state index is -0.0758. The van der Waals surface area contributed by atoms with E-state index in [0.717, 1.165) is 32.1 Å². The highest BCUT2D eigenvalue weighted by molar-refractivity contribution is 5.80. The lowest BCUT2D eigenvalue weighted by Crippen LogP contribution is -2.47. The SMILES string of the molecule is CCCC(C)(C)NC(=O)C1CCCC1CN. The maximum Gasteiger partial charge on any atom is 0.223 e. The van der Waals surface area contributed by atoms with Crippen LogP contribution in [0.2, 0.25) is 0 Å². The highest BCUT2D eigenvalue weighted by Gasteiger charge is 2.33. The molecule has 1 rings (SSSR count). The summed E-state index contributed by atoms with van der Waals surface area (Å²) in [6.45, 7) is 6.99. The summed E-state index contributed by atoms with van der Waals surface area (Å²) in [4.78, 5) is 12.1. The predicted molar refractivity (Wildman–Crippen MR) is 67.0 cm³/mol. The number of hydrogen-bond acceptors (Lipinski definition) is 2. The van der Waals surface area contributed by atoms with E-state index in [9.17, 15) is 4.79 Å². The summed E-state index contributed by atoms with van der Waals surface area (Å²) in [5.41, 5.74) is 5.63. The first kappa shape index (κ1) is 13.5. The van der Waals surface area contributed by atoms with Crippen LogP contribution in [0.5, 0.6) is 0 Å². The Morgan fingerprint density at radius 3 is 2.69 bits per heavy atom. The van der Waals surface area contributed by atoms with Crippen LogP contribution in [-0.4, -0.2) is 18.0 Å². The Hall–Kier alpha value is -0.570. The molecule has 3 heteroatoms. The Morgan fingerprint density at radius 1 is 1.44 bits per heavy atom. The summed E-state index contributed by atoms with van der Waals surface area (Å²) in [6, 6.07) is 0. The molecule has 0 aliphatic heterocycles. The van der Waals surface area contributed by atoms with Gasteiger partial charge in [0.05, 0.1) is 0 Å². The molecule has 0 aromatic carbocycles. The molecule has 0 spiro atoms. The van der Waals surface area contributed by atoms with Gasteiger partial charge in [-0.25, -0.2) is 0 Å². The van der Waals surface area contributed by atoms with Crippen molar-refractivity contribution >= 4 is 5.91 Å². The molecule has 0 aromatic heterocycles. The standard InChI is InChI=1S/C13H26N2O/c1-4-8-13(2,3)15-12(16)11-7-5-6-10(11)9-14/h10-11H,4-9,14H2,1-3H3,(H,15,16). The van der Waals surface area contributed by atoms with E-state index < -0.39 is 0 Å². The number of hydrogen-bond donors (Lipinski definition) is 2. The van der Waals surface area contributed by atoms with Crippen LogP contribution in [-0.2, 0) is 4.79 Å². The minimum absolute atomic E-state index is 0.0758. The van der Waals surface area contributed by atoms with Gasteiger partial charge in [-0.15, -0.1) is 0 Å². The maximum absolute atomic E-state index is 12.1. The molecule has 1 fully saturated rings. The third kappa shape index (κ3) is 3.48. The normalized spacial score (nSPS) is 25.8. The van der Waals surface area contributed by atoms with Crippen LogP contribution in [0.25, 0.3) is 0 Å². The first-order valence-electron chi connectivity index (χ1n) is 6.52. The van der Waals surface area contributed by atoms with Crippen molar-refractivity contribution in [2.24, 2.45) is 17.6 Å². The molecule has 0 aromatic rings. The second-order valence-corrected chi connectivity index (χ2v) is 5.66. The van der Waals surface area contributed by atoms with Crippen LogP contribution in [0.3, 0.4) is 0 Å². The van der Waals surface area contributed by atoms with E-state index in [1.807, 2.05) is 0 Å². The number of nitrogens with two attached hydrogens (primary N) is 1. The molecule has 0 heterocycles. The van der Waals surface area contributed by atoms with Gasteiger partial charge in [0.25, 0.3) is 0 Å². The zero-order chi connectivity index (χ0) is 12.2. The molecule has 16 heavy (non-hydrogen) atoms. The van der Waals surface area contributed by atoms with E-state index in [-0.39, 0.29) is 17.4 Å². The Bertz CT molecular complexity index is 238. The third-order valence-electron chi connectivity index (χ3n) is 3.64. The molecule has 1 aliphatic carbocycles. The largest absolute Gasteiger partial charge is 0.351 e. The van der Waals surface area contributed by atoms with E-state index in [2.05, 4.69) is 26.1 Å². The van der Waals surface area contributed by atoms with Crippen molar-refractivity contribution in [1.29, 1.82) is 0 Å². The van der Waals surface area contributed by atoms with Crippen LogP contribution >= 0.6 is 0 Å². The lowest BCUT2D eigenvalue weighted by atomic mass is 9.92. The van der Waals surface area contributed by atoms with E-state index in [1.165, 1.54) is 0 Å². The molecule has 2 atom stereocenters. The minimum Gasteiger partial charge on any atom is -0.351 e. The maximum atomic E-state index is 12.1. The number of carbonyl (C=O) groups excluding carboxylic acids is 1. The first-order chi connectivity index (χ1) is 7.50. The monoisotopic (exact) mass is 226 g/mol. The molecule has 2 unspecified atom stereocenters. The third-order valence-corrected chi connectivity index (χ3v) is 3.64. The van der Waals surface area contributed by atoms with Crippen molar-refractivity contribution in [2.45, 2.75) is 58.4 Å². The fourth-order valence-corrected chi connectivity index (χ4v) is 2.78. The summed E-state index contributed by atoms with van der Waals surface area (Å²) in [6.07, 6.45) is 5.39. The first-order valence-corrected chi connectivity index (χ1v) is 6.52. The Balaban J connectivity index is 2.51. The second kappa shape index (κ2) is 5.67. The van der Waals surface area contributed by atoms with Crippen molar-refractivity contribution in [1.82, 2.24) is 5.32 Å². The summed E-state index contributed by atoms with van der Waals surface area (Å²) < 4.78 is 0. The molecule has 0 bridgehead atoms. The van der Waals surface area contributed by atoms with Crippen LogP contribution in [0.1, 0.15) is 52.9 Å². The van der Waals surface area contributed by atoms with Crippen molar-refractivity contribution in [3.8, 4) is 0 Å². The molecule has 94 valence electrons. The van der Waals surface area contributed by atoms with Crippen LogP contribution in [0.15, 0.2) is 0 Å². The zero-order valence-corrected chi connectivity index (χ0v) is 10.9. The van der Waals surface area contributed by atoms with Crippen molar-refractivity contribution in [2.75, 3.05) is 6.54 Å². The lowest BCUT2D eigenvalue weighted by molar-refractivity contribution is -0.127. The molecule has 3 N–H and O–H groups in total. The molecule has 3 nitrogen and oxygen atoms in total. The summed E-state index contributed by atoms with van der Waals surface area (Å²) in [5, 5.41) is 3.17. The van der Waals surface area contributed by atoms with Crippen LogP contribution in [0.4, 0.5) is 0 Å². The van der Waals surface area contributed by atoms with Gasteiger partial charge in [-0.2, -0.15) is 0 Å². The molecule has 0 saturated heterocycles. The topological polar surface area (TPSA) is 55.1 Å². The molecular weight excluding hydrogens is 200 g/mol. The fraction of sp³-hybridized carbons (Fsp3) is 0.923. The van der Waals surface area contributed by atoms with Gasteiger partial charge in [-0.1, -0.05) is 19.8 Å². The Labute approximate surface area is 99.2 Å². The fourth-order valence-electron chi connectivity index (χ4n) is 2.78. The Kier molecular flexibility index (Phi) is 4.78.